The molecule has 1 heterocycles. The van der Waals surface area contributed by atoms with E-state index in [0.717, 1.165) is 11.1 Å². The lowest BCUT2D eigenvalue weighted by atomic mass is 9.82. The van der Waals surface area contributed by atoms with Crippen molar-refractivity contribution in [1.29, 1.82) is 0 Å². The number of hydrogen-bond acceptors (Lipinski definition) is 3. The number of nitrogens with zero attached hydrogens (tertiary/aromatic N) is 2. The lowest BCUT2D eigenvalue weighted by molar-refractivity contribution is -0.142. The Morgan fingerprint density at radius 1 is 1.16 bits per heavy atom. The van der Waals surface area contributed by atoms with Crippen molar-refractivity contribution in [3.63, 3.8) is 0 Å². The highest BCUT2D eigenvalue weighted by Gasteiger charge is 2.39. The Hall–Kier alpha value is -2.37. The number of fused-ring (bicyclic) bond motifs is 1. The maximum atomic E-state index is 13.5. The van der Waals surface area contributed by atoms with Crippen LogP contribution in [0.3, 0.4) is 0 Å². The summed E-state index contributed by atoms with van der Waals surface area (Å²) in [5.41, 5.74) is 1.35. The highest BCUT2D eigenvalue weighted by atomic mass is 19.4. The van der Waals surface area contributed by atoms with Crippen LogP contribution in [0, 0.1) is 5.92 Å². The van der Waals surface area contributed by atoms with Gasteiger partial charge in [-0.3, -0.25) is 0 Å². The minimum Gasteiger partial charge on any atom is -0.464 e. The molecule has 6 heteroatoms. The third-order valence-electron chi connectivity index (χ3n) is 4.09. The Labute approximate surface area is 144 Å². The van der Waals surface area contributed by atoms with Crippen LogP contribution in [-0.4, -0.2) is 16.6 Å². The maximum Gasteiger partial charge on any atom is 0.433 e. The van der Waals surface area contributed by atoms with Gasteiger partial charge in [0.1, 0.15) is 0 Å². The van der Waals surface area contributed by atoms with Crippen LogP contribution in [0.4, 0.5) is 13.2 Å². The average molecular weight is 348 g/mol. The molecule has 0 radical (unpaired) electrons. The van der Waals surface area contributed by atoms with Crippen LogP contribution in [0.5, 0.6) is 6.01 Å². The molecule has 25 heavy (non-hydrogen) atoms. The zero-order valence-corrected chi connectivity index (χ0v) is 14.1. The minimum atomic E-state index is -4.53. The molecule has 0 saturated carbocycles. The second-order valence-corrected chi connectivity index (χ2v) is 6.21. The zero-order chi connectivity index (χ0) is 18.0. The molecule has 1 aromatic heterocycles. The van der Waals surface area contributed by atoms with Crippen molar-refractivity contribution in [2.75, 3.05) is 6.61 Å². The molecule has 2 aromatic rings. The van der Waals surface area contributed by atoms with Gasteiger partial charge < -0.3 is 4.74 Å². The van der Waals surface area contributed by atoms with Gasteiger partial charge in [0.2, 0.25) is 0 Å². The summed E-state index contributed by atoms with van der Waals surface area (Å²) in [6.07, 6.45) is -1.66. The van der Waals surface area contributed by atoms with Crippen molar-refractivity contribution >= 4 is 11.6 Å². The third-order valence-corrected chi connectivity index (χ3v) is 4.09. The van der Waals surface area contributed by atoms with Gasteiger partial charge in [0, 0.05) is 5.56 Å². The molecule has 3 nitrogen and oxygen atoms in total. The van der Waals surface area contributed by atoms with Crippen molar-refractivity contribution in [2.24, 2.45) is 5.92 Å². The summed E-state index contributed by atoms with van der Waals surface area (Å²) in [7, 11) is 0. The number of allylic oxidation sites excluding steroid dienone is 1. The number of halogens is 3. The summed E-state index contributed by atoms with van der Waals surface area (Å²) < 4.78 is 45.7. The van der Waals surface area contributed by atoms with E-state index in [1.165, 1.54) is 0 Å². The fourth-order valence-electron chi connectivity index (χ4n) is 3.12. The molecule has 1 atom stereocenters. The lowest BCUT2D eigenvalue weighted by Gasteiger charge is -2.26. The van der Waals surface area contributed by atoms with Gasteiger partial charge in [-0.05, 0) is 42.9 Å². The second-order valence-electron chi connectivity index (χ2n) is 6.21. The van der Waals surface area contributed by atoms with Gasteiger partial charge in [0.15, 0.2) is 5.69 Å². The topological polar surface area (TPSA) is 35.0 Å². The van der Waals surface area contributed by atoms with Gasteiger partial charge in [0.25, 0.3) is 0 Å². The standard InChI is InChI=1S/C19H19F3N2O/c1-3-25-18-23-16-14(11-13-7-5-4-6-8-13)9-12(2)10-15(16)17(24-18)19(20,21)22/h4-8,11-12H,3,9-10H2,1-2H3/b14-11+. The summed E-state index contributed by atoms with van der Waals surface area (Å²) in [5.74, 6) is 0.0881. The van der Waals surface area contributed by atoms with Crippen LogP contribution in [0.1, 0.15) is 42.8 Å². The van der Waals surface area contributed by atoms with E-state index in [1.807, 2.05) is 43.3 Å². The van der Waals surface area contributed by atoms with E-state index in [-0.39, 0.29) is 24.1 Å². The molecule has 1 aromatic carbocycles. The fraction of sp³-hybridized carbons (Fsp3) is 0.368. The largest absolute Gasteiger partial charge is 0.464 e. The smallest absolute Gasteiger partial charge is 0.433 e. The number of aromatic nitrogens is 2. The molecule has 1 aliphatic carbocycles. The highest BCUT2D eigenvalue weighted by Crippen LogP contribution is 2.41. The summed E-state index contributed by atoms with van der Waals surface area (Å²) in [6, 6.07) is 9.31. The first-order valence-electron chi connectivity index (χ1n) is 8.25. The molecule has 3 rings (SSSR count). The van der Waals surface area contributed by atoms with Crippen LogP contribution < -0.4 is 4.74 Å². The van der Waals surface area contributed by atoms with E-state index in [0.29, 0.717) is 18.5 Å². The quantitative estimate of drug-likeness (QED) is 0.781. The zero-order valence-electron chi connectivity index (χ0n) is 14.1. The molecule has 1 unspecified atom stereocenters. The molecule has 0 bridgehead atoms. The second kappa shape index (κ2) is 6.86. The normalized spacial score (nSPS) is 18.9. The van der Waals surface area contributed by atoms with Crippen LogP contribution in [0.25, 0.3) is 11.6 Å². The number of hydrogen-bond donors (Lipinski definition) is 0. The van der Waals surface area contributed by atoms with E-state index in [1.54, 1.807) is 6.92 Å². The average Bonchev–Trinajstić information content (AvgIpc) is 2.55. The molecule has 0 spiro atoms. The van der Waals surface area contributed by atoms with E-state index in [2.05, 4.69) is 9.97 Å². The fourth-order valence-corrected chi connectivity index (χ4v) is 3.12. The summed E-state index contributed by atoms with van der Waals surface area (Å²) in [4.78, 5) is 7.93. The Morgan fingerprint density at radius 3 is 2.52 bits per heavy atom. The molecular weight excluding hydrogens is 329 g/mol. The van der Waals surface area contributed by atoms with E-state index >= 15 is 0 Å². The predicted octanol–water partition coefficient (Wildman–Crippen LogP) is 5.02. The maximum absolute atomic E-state index is 13.5. The molecule has 0 saturated heterocycles. The van der Waals surface area contributed by atoms with Gasteiger partial charge in [-0.25, -0.2) is 0 Å². The SMILES string of the molecule is CCOc1nc2c(c(C(F)(F)F)n1)CC(C)C/C2=C\c1ccccc1. The highest BCUT2D eigenvalue weighted by molar-refractivity contribution is 5.82. The van der Waals surface area contributed by atoms with E-state index in [9.17, 15) is 13.2 Å². The summed E-state index contributed by atoms with van der Waals surface area (Å²) in [5, 5.41) is 0. The Morgan fingerprint density at radius 2 is 1.88 bits per heavy atom. The third kappa shape index (κ3) is 3.83. The predicted molar refractivity (Wildman–Crippen MR) is 90.0 cm³/mol. The molecule has 1 aliphatic rings. The minimum absolute atomic E-state index is 0.0881. The Balaban J connectivity index is 2.19. The Kier molecular flexibility index (Phi) is 4.79. The first kappa shape index (κ1) is 17.5. The summed E-state index contributed by atoms with van der Waals surface area (Å²) in [6.45, 7) is 3.85. The first-order valence-corrected chi connectivity index (χ1v) is 8.25. The lowest BCUT2D eigenvalue weighted by Crippen LogP contribution is -2.22. The molecule has 0 aliphatic heterocycles. The van der Waals surface area contributed by atoms with Crippen LogP contribution in [0.2, 0.25) is 0 Å². The van der Waals surface area contributed by atoms with Crippen LogP contribution in [-0.2, 0) is 12.6 Å². The van der Waals surface area contributed by atoms with Gasteiger partial charge in [-0.2, -0.15) is 23.1 Å². The monoisotopic (exact) mass is 348 g/mol. The van der Waals surface area contributed by atoms with Crippen molar-refractivity contribution in [1.82, 2.24) is 9.97 Å². The van der Waals surface area contributed by atoms with Gasteiger partial charge >= 0.3 is 12.2 Å². The van der Waals surface area contributed by atoms with Gasteiger partial charge in [0.05, 0.1) is 12.3 Å². The van der Waals surface area contributed by atoms with Crippen molar-refractivity contribution in [3.8, 4) is 6.01 Å². The Bertz CT molecular complexity index is 785. The number of ether oxygens (including phenoxy) is 1. The molecular formula is C19H19F3N2O. The van der Waals surface area contributed by atoms with E-state index < -0.39 is 11.9 Å². The van der Waals surface area contributed by atoms with E-state index in [4.69, 9.17) is 4.74 Å². The molecule has 0 amide bonds. The van der Waals surface area contributed by atoms with Crippen LogP contribution in [0.15, 0.2) is 30.3 Å². The van der Waals surface area contributed by atoms with Gasteiger partial charge in [-0.1, -0.05) is 37.3 Å². The van der Waals surface area contributed by atoms with Crippen molar-refractivity contribution in [2.45, 2.75) is 32.9 Å². The summed E-state index contributed by atoms with van der Waals surface area (Å²) >= 11 is 0. The molecule has 0 fully saturated rings. The number of alkyl halides is 3. The van der Waals surface area contributed by atoms with Crippen molar-refractivity contribution < 1.29 is 17.9 Å². The molecule has 132 valence electrons. The number of rotatable bonds is 3. The van der Waals surface area contributed by atoms with Crippen molar-refractivity contribution in [3.05, 3.63) is 52.8 Å². The van der Waals surface area contributed by atoms with Gasteiger partial charge in [-0.15, -0.1) is 0 Å². The molecule has 0 N–H and O–H groups in total. The number of benzene rings is 1. The first-order chi connectivity index (χ1) is 11.9. The van der Waals surface area contributed by atoms with Crippen LogP contribution >= 0.6 is 0 Å².